The quantitative estimate of drug-likeness (QED) is 0.209. The van der Waals surface area contributed by atoms with Gasteiger partial charge in [-0.05, 0) is 66.9 Å². The van der Waals surface area contributed by atoms with Crippen LogP contribution in [-0.4, -0.2) is 64.2 Å². The van der Waals surface area contributed by atoms with E-state index in [1.807, 2.05) is 0 Å². The standard InChI is InChI=1S/C30H28ClF2N4O9P/c31-21-9-10-22-24(25(21)33)30(46-29(41)36-22)11-2-12-37(15-30)27(39)23(14-17-3-1-4-19(32)13-17)35-26(38)18-5-7-20(8-6-18)34-28(40)45-16-47(42,43)44/h1,3-10,13,23H,2,11-12,14-16H2,(H,34,40)(H,35,38)(H,36,41)(H2,42,43,44)/t23-,30-/m0/s1. The molecule has 1 saturated heterocycles. The van der Waals surface area contributed by atoms with Crippen LogP contribution in [0.5, 0.6) is 0 Å². The lowest BCUT2D eigenvalue weighted by Gasteiger charge is -2.45. The Morgan fingerprint density at radius 2 is 1.87 bits per heavy atom. The molecular formula is C30H28ClF2N4O9P. The number of fused-ring (bicyclic) bond motifs is 2. The van der Waals surface area contributed by atoms with Gasteiger partial charge in [-0.3, -0.25) is 24.8 Å². The molecule has 5 N–H and O–H groups in total. The maximum atomic E-state index is 15.4. The first-order valence-corrected chi connectivity index (χ1v) is 16.3. The molecule has 3 aromatic rings. The van der Waals surface area contributed by atoms with Crippen molar-refractivity contribution in [3.8, 4) is 0 Å². The minimum absolute atomic E-state index is 0.00660. The summed E-state index contributed by atoms with van der Waals surface area (Å²) in [6, 6.07) is 12.3. The van der Waals surface area contributed by atoms with Crippen molar-refractivity contribution in [3.63, 3.8) is 0 Å². The molecule has 17 heteroatoms. The van der Waals surface area contributed by atoms with E-state index in [2.05, 4.69) is 20.7 Å². The predicted octanol–water partition coefficient (Wildman–Crippen LogP) is 4.72. The first-order chi connectivity index (χ1) is 22.2. The van der Waals surface area contributed by atoms with Gasteiger partial charge >= 0.3 is 19.8 Å². The van der Waals surface area contributed by atoms with Crippen molar-refractivity contribution in [2.45, 2.75) is 30.9 Å². The zero-order valence-corrected chi connectivity index (χ0v) is 26.0. The molecule has 2 heterocycles. The predicted molar refractivity (Wildman–Crippen MR) is 164 cm³/mol. The topological polar surface area (TPSA) is 184 Å². The summed E-state index contributed by atoms with van der Waals surface area (Å²) >= 11 is 6.06. The van der Waals surface area contributed by atoms with Crippen molar-refractivity contribution in [2.24, 2.45) is 0 Å². The van der Waals surface area contributed by atoms with Crippen molar-refractivity contribution in [3.05, 3.63) is 94.0 Å². The third kappa shape index (κ3) is 8.06. The second kappa shape index (κ2) is 13.7. The van der Waals surface area contributed by atoms with E-state index in [1.165, 1.54) is 59.5 Å². The molecule has 2 aliphatic rings. The second-order valence-electron chi connectivity index (χ2n) is 10.9. The van der Waals surface area contributed by atoms with E-state index < -0.39 is 61.2 Å². The number of benzene rings is 3. The molecule has 4 amide bonds. The SMILES string of the molecule is O=C(Nc1ccc(C(=O)N[C@@H](Cc2cccc(F)c2)C(=O)N2CCC[C@@]3(C2)OC(=O)Nc2ccc(Cl)c(F)c23)cc1)OCP(=O)(O)O. The highest BCUT2D eigenvalue weighted by Crippen LogP contribution is 2.45. The summed E-state index contributed by atoms with van der Waals surface area (Å²) in [5.74, 6) is -2.63. The van der Waals surface area contributed by atoms with Crippen LogP contribution < -0.4 is 16.0 Å². The molecule has 47 heavy (non-hydrogen) atoms. The molecule has 1 fully saturated rings. The molecular weight excluding hydrogens is 665 g/mol. The molecule has 3 aromatic carbocycles. The zero-order valence-electron chi connectivity index (χ0n) is 24.4. The maximum absolute atomic E-state index is 15.4. The van der Waals surface area contributed by atoms with Crippen molar-refractivity contribution in [1.29, 1.82) is 0 Å². The highest BCUT2D eigenvalue weighted by molar-refractivity contribution is 7.51. The smallest absolute Gasteiger partial charge is 0.412 e. The van der Waals surface area contributed by atoms with Crippen LogP contribution in [0, 0.1) is 11.6 Å². The Hall–Kier alpha value is -4.56. The Morgan fingerprint density at radius 3 is 2.57 bits per heavy atom. The molecule has 0 unspecified atom stereocenters. The van der Waals surface area contributed by atoms with Crippen LogP contribution in [0.2, 0.25) is 5.02 Å². The van der Waals surface area contributed by atoms with Crippen molar-refractivity contribution < 1.29 is 51.8 Å². The number of hydrogen-bond donors (Lipinski definition) is 5. The summed E-state index contributed by atoms with van der Waals surface area (Å²) in [5.41, 5.74) is -0.762. The Bertz CT molecular complexity index is 1770. The van der Waals surface area contributed by atoms with Crippen LogP contribution in [0.3, 0.4) is 0 Å². The zero-order chi connectivity index (χ0) is 33.9. The number of nitrogens with one attached hydrogen (secondary N) is 3. The minimum Gasteiger partial charge on any atom is -0.436 e. The van der Waals surface area contributed by atoms with E-state index in [4.69, 9.17) is 26.1 Å². The Balaban J connectivity index is 1.36. The van der Waals surface area contributed by atoms with Gasteiger partial charge in [-0.1, -0.05) is 23.7 Å². The van der Waals surface area contributed by atoms with Crippen LogP contribution in [0.4, 0.5) is 29.7 Å². The number of amides is 4. The summed E-state index contributed by atoms with van der Waals surface area (Å²) < 4.78 is 50.4. The maximum Gasteiger partial charge on any atom is 0.412 e. The van der Waals surface area contributed by atoms with E-state index in [1.54, 1.807) is 6.07 Å². The van der Waals surface area contributed by atoms with Gasteiger partial charge in [-0.2, -0.15) is 0 Å². The fourth-order valence-electron chi connectivity index (χ4n) is 5.52. The van der Waals surface area contributed by atoms with E-state index in [0.717, 1.165) is 0 Å². The Morgan fingerprint density at radius 1 is 1.13 bits per heavy atom. The van der Waals surface area contributed by atoms with Crippen molar-refractivity contribution in [1.82, 2.24) is 10.2 Å². The van der Waals surface area contributed by atoms with Gasteiger partial charge in [0.05, 0.1) is 22.8 Å². The molecule has 5 rings (SSSR count). The monoisotopic (exact) mass is 692 g/mol. The lowest BCUT2D eigenvalue weighted by molar-refractivity contribution is -0.141. The van der Waals surface area contributed by atoms with Gasteiger partial charge in [0.1, 0.15) is 11.9 Å². The molecule has 0 saturated carbocycles. The van der Waals surface area contributed by atoms with Crippen molar-refractivity contribution in [2.75, 3.05) is 30.1 Å². The molecule has 0 radical (unpaired) electrons. The third-order valence-electron chi connectivity index (χ3n) is 7.53. The molecule has 1 spiro atoms. The minimum atomic E-state index is -4.57. The van der Waals surface area contributed by atoms with E-state index in [-0.39, 0.29) is 53.5 Å². The number of anilines is 2. The van der Waals surface area contributed by atoms with E-state index >= 15 is 4.39 Å². The van der Waals surface area contributed by atoms with Crippen LogP contribution >= 0.6 is 19.2 Å². The summed E-state index contributed by atoms with van der Waals surface area (Å²) in [6.07, 6.45) is -2.68. The highest BCUT2D eigenvalue weighted by atomic mass is 35.5. The summed E-state index contributed by atoms with van der Waals surface area (Å²) in [6.45, 7) is -0.0470. The van der Waals surface area contributed by atoms with E-state index in [9.17, 15) is 28.1 Å². The number of rotatable bonds is 8. The van der Waals surface area contributed by atoms with Gasteiger partial charge in [0.25, 0.3) is 5.91 Å². The van der Waals surface area contributed by atoms with E-state index in [0.29, 0.717) is 12.0 Å². The van der Waals surface area contributed by atoms with Crippen LogP contribution in [0.1, 0.15) is 34.3 Å². The summed E-state index contributed by atoms with van der Waals surface area (Å²) in [5, 5.41) is 7.19. The Kier molecular flexibility index (Phi) is 9.82. The largest absolute Gasteiger partial charge is 0.436 e. The number of likely N-dealkylation sites (tertiary alicyclic amines) is 1. The van der Waals surface area contributed by atoms with Gasteiger partial charge in [0.15, 0.2) is 17.8 Å². The summed E-state index contributed by atoms with van der Waals surface area (Å²) in [4.78, 5) is 70.7. The van der Waals surface area contributed by atoms with Crippen LogP contribution in [-0.2, 0) is 30.9 Å². The average molecular weight is 693 g/mol. The lowest BCUT2D eigenvalue weighted by Crippen LogP contribution is -2.57. The summed E-state index contributed by atoms with van der Waals surface area (Å²) in [7, 11) is -4.57. The molecule has 13 nitrogen and oxygen atoms in total. The lowest BCUT2D eigenvalue weighted by atomic mass is 9.82. The van der Waals surface area contributed by atoms with Gasteiger partial charge < -0.3 is 29.5 Å². The van der Waals surface area contributed by atoms with Crippen molar-refractivity contribution >= 4 is 54.6 Å². The number of carbonyl (C=O) groups excluding carboxylic acids is 4. The normalized spacial score (nSPS) is 18.0. The molecule has 2 aliphatic heterocycles. The van der Waals surface area contributed by atoms with Gasteiger partial charge in [0.2, 0.25) is 5.91 Å². The number of halogens is 3. The number of carbonyl (C=O) groups is 4. The average Bonchev–Trinajstić information content (AvgIpc) is 3.01. The molecule has 0 bridgehead atoms. The number of nitrogens with zero attached hydrogens (tertiary/aromatic N) is 1. The fraction of sp³-hybridized carbons (Fsp3) is 0.267. The first kappa shape index (κ1) is 33.8. The molecule has 248 valence electrons. The molecule has 2 atom stereocenters. The van der Waals surface area contributed by atoms with Gasteiger partial charge in [0, 0.05) is 24.2 Å². The Labute approximate surface area is 271 Å². The van der Waals surface area contributed by atoms with Crippen LogP contribution in [0.25, 0.3) is 0 Å². The molecule has 0 aliphatic carbocycles. The molecule has 0 aromatic heterocycles. The number of piperidine rings is 1. The van der Waals surface area contributed by atoms with Crippen LogP contribution in [0.15, 0.2) is 60.7 Å². The number of ether oxygens (including phenoxy) is 2. The highest BCUT2D eigenvalue weighted by Gasteiger charge is 2.49. The second-order valence-corrected chi connectivity index (χ2v) is 12.9. The number of hydrogen-bond acceptors (Lipinski definition) is 7. The van der Waals surface area contributed by atoms with Gasteiger partial charge in [-0.25, -0.2) is 18.4 Å². The first-order valence-electron chi connectivity index (χ1n) is 14.1. The fourth-order valence-corrected chi connectivity index (χ4v) is 5.97. The third-order valence-corrected chi connectivity index (χ3v) is 8.29. The van der Waals surface area contributed by atoms with Gasteiger partial charge in [-0.15, -0.1) is 0 Å².